The Kier molecular flexibility index (Phi) is 178. The molecule has 0 aromatic carbocycles. The molecule has 0 N–H and O–H groups in total. The fourth-order valence-corrected chi connectivity index (χ4v) is 0. The number of hydrogen-bond acceptors (Lipinski definition) is 1. The summed E-state index contributed by atoms with van der Waals surface area (Å²) >= 11 is 0. The van der Waals surface area contributed by atoms with Gasteiger partial charge in [-0.05, 0) is 0 Å². The average molecular weight is 107 g/mol. The number of nitrogens with zero attached hydrogens (tertiary/aromatic N) is 1. The van der Waals surface area contributed by atoms with Gasteiger partial charge >= 0.3 is 29.6 Å². The SMILES string of the molecule is C#N.[Fe].[NaH]. The van der Waals surface area contributed by atoms with Crippen molar-refractivity contribution in [3.8, 4) is 6.57 Å². The van der Waals surface area contributed by atoms with E-state index in [1.54, 1.807) is 0 Å². The van der Waals surface area contributed by atoms with Crippen LogP contribution in [0.25, 0.3) is 0 Å². The van der Waals surface area contributed by atoms with E-state index in [1.807, 2.05) is 0 Å². The molecule has 0 amide bonds. The zero-order chi connectivity index (χ0) is 2.00. The molecule has 0 atom stereocenters. The molecule has 0 saturated heterocycles. The minimum absolute atomic E-state index is 0. The van der Waals surface area contributed by atoms with Gasteiger partial charge in [0.05, 0.1) is 0 Å². The van der Waals surface area contributed by atoms with E-state index >= 15 is 0 Å². The molecule has 0 bridgehead atoms. The maximum absolute atomic E-state index is 6.50. The Labute approximate surface area is 58.1 Å². The molecule has 20 valence electrons. The van der Waals surface area contributed by atoms with Crippen LogP contribution in [-0.2, 0) is 17.1 Å². The predicted octanol–water partition coefficient (Wildman–Crippen LogP) is -0.511. The van der Waals surface area contributed by atoms with Gasteiger partial charge in [0.1, 0.15) is 0 Å². The van der Waals surface area contributed by atoms with E-state index in [-0.39, 0.29) is 46.6 Å². The fourth-order valence-electron chi connectivity index (χ4n) is 0. The standard InChI is InChI=1S/CHN.Fe.Na.H/c1-2;;;/h1H;;;. The molecular formula is CH2FeNNa. The summed E-state index contributed by atoms with van der Waals surface area (Å²) in [6, 6.07) is 0. The molecule has 0 radical (unpaired) electrons. The van der Waals surface area contributed by atoms with Crippen molar-refractivity contribution in [3.63, 3.8) is 0 Å². The average Bonchev–Trinajstić information content (AvgIpc) is 1.00. The van der Waals surface area contributed by atoms with E-state index < -0.39 is 0 Å². The van der Waals surface area contributed by atoms with E-state index in [9.17, 15) is 0 Å². The molecular weight excluding hydrogens is 105 g/mol. The second-order valence-corrected chi connectivity index (χ2v) is 0. The maximum atomic E-state index is 6.50. The van der Waals surface area contributed by atoms with Crippen molar-refractivity contribution in [1.82, 2.24) is 0 Å². The van der Waals surface area contributed by atoms with Gasteiger partial charge in [-0.3, -0.25) is 0 Å². The quantitative estimate of drug-likeness (QED) is 0.382. The van der Waals surface area contributed by atoms with Crippen LogP contribution < -0.4 is 0 Å². The Morgan fingerprint density at radius 1 is 1.25 bits per heavy atom. The zero-order valence-electron chi connectivity index (χ0n) is 1.38. The van der Waals surface area contributed by atoms with Gasteiger partial charge in [0.2, 0.25) is 0 Å². The van der Waals surface area contributed by atoms with Gasteiger partial charge in [0.15, 0.2) is 0 Å². The van der Waals surface area contributed by atoms with Crippen molar-refractivity contribution < 1.29 is 17.1 Å². The van der Waals surface area contributed by atoms with Gasteiger partial charge < -0.3 is 0 Å². The minimum atomic E-state index is 0. The normalized spacial score (nSPS) is 0.500. The van der Waals surface area contributed by atoms with Crippen LogP contribution in [0.15, 0.2) is 0 Å². The number of hydrogen-bond donors (Lipinski definition) is 0. The van der Waals surface area contributed by atoms with Crippen molar-refractivity contribution in [3.05, 3.63) is 0 Å². The predicted molar refractivity (Wildman–Crippen MR) is 13.8 cm³/mol. The van der Waals surface area contributed by atoms with Crippen LogP contribution in [0.3, 0.4) is 0 Å². The van der Waals surface area contributed by atoms with E-state index in [2.05, 4.69) is 6.57 Å². The molecule has 0 aromatic heterocycles. The Hall–Kier alpha value is 1.01. The second-order valence-electron chi connectivity index (χ2n) is 0. The summed E-state index contributed by atoms with van der Waals surface area (Å²) in [7, 11) is 0. The fraction of sp³-hybridized carbons (Fsp3) is 0. The summed E-state index contributed by atoms with van der Waals surface area (Å²) in [6.07, 6.45) is 0. The first-order chi connectivity index (χ1) is 1.00. The molecule has 0 fully saturated rings. The Bertz CT molecular complexity index is 12.8. The molecule has 0 aliphatic carbocycles. The molecule has 0 heterocycles. The number of rotatable bonds is 0. The van der Waals surface area contributed by atoms with Crippen molar-refractivity contribution in [2.75, 3.05) is 0 Å². The van der Waals surface area contributed by atoms with Gasteiger partial charge in [0.25, 0.3) is 0 Å². The van der Waals surface area contributed by atoms with Gasteiger partial charge in [-0.15, -0.1) is 0 Å². The van der Waals surface area contributed by atoms with E-state index in [4.69, 9.17) is 5.26 Å². The van der Waals surface area contributed by atoms with E-state index in [0.29, 0.717) is 0 Å². The van der Waals surface area contributed by atoms with Crippen molar-refractivity contribution in [2.24, 2.45) is 0 Å². The molecule has 0 aliphatic rings. The zero-order valence-corrected chi connectivity index (χ0v) is 2.48. The molecule has 0 saturated carbocycles. The molecule has 0 aliphatic heterocycles. The Morgan fingerprint density at radius 3 is 1.25 bits per heavy atom. The summed E-state index contributed by atoms with van der Waals surface area (Å²) < 4.78 is 0. The topological polar surface area (TPSA) is 23.8 Å². The van der Waals surface area contributed by atoms with Gasteiger partial charge in [-0.25, -0.2) is 5.26 Å². The van der Waals surface area contributed by atoms with E-state index in [0.717, 1.165) is 0 Å². The second kappa shape index (κ2) is 35.6. The van der Waals surface area contributed by atoms with Gasteiger partial charge in [-0.1, -0.05) is 0 Å². The molecule has 1 nitrogen and oxygen atoms in total. The van der Waals surface area contributed by atoms with Crippen LogP contribution >= 0.6 is 0 Å². The van der Waals surface area contributed by atoms with Crippen molar-refractivity contribution in [1.29, 1.82) is 5.26 Å². The van der Waals surface area contributed by atoms with Gasteiger partial charge in [-0.2, -0.15) is 0 Å². The first-order valence-electron chi connectivity index (χ1n) is 0.258. The third kappa shape index (κ3) is 11.9. The summed E-state index contributed by atoms with van der Waals surface area (Å²) in [5.41, 5.74) is 0. The Balaban J connectivity index is -0.00000000500. The summed E-state index contributed by atoms with van der Waals surface area (Å²) in [6.45, 7) is 3.50. The van der Waals surface area contributed by atoms with Crippen LogP contribution in [-0.4, -0.2) is 29.6 Å². The summed E-state index contributed by atoms with van der Waals surface area (Å²) in [5.74, 6) is 0. The summed E-state index contributed by atoms with van der Waals surface area (Å²) in [5, 5.41) is 6.50. The first-order valence-corrected chi connectivity index (χ1v) is 0.258. The van der Waals surface area contributed by atoms with E-state index in [1.165, 1.54) is 0 Å². The molecule has 0 aromatic rings. The van der Waals surface area contributed by atoms with Crippen LogP contribution in [0.1, 0.15) is 0 Å². The van der Waals surface area contributed by atoms with Crippen molar-refractivity contribution in [2.45, 2.75) is 0 Å². The Morgan fingerprint density at radius 2 is 1.25 bits per heavy atom. The van der Waals surface area contributed by atoms with Crippen LogP contribution in [0.2, 0.25) is 0 Å². The molecule has 0 spiro atoms. The third-order valence-electron chi connectivity index (χ3n) is 0. The molecule has 4 heavy (non-hydrogen) atoms. The molecule has 0 unspecified atom stereocenters. The van der Waals surface area contributed by atoms with Crippen LogP contribution in [0.4, 0.5) is 0 Å². The monoisotopic (exact) mass is 107 g/mol. The first kappa shape index (κ1) is 19.9. The summed E-state index contributed by atoms with van der Waals surface area (Å²) in [4.78, 5) is 0. The van der Waals surface area contributed by atoms with Crippen LogP contribution in [0.5, 0.6) is 0 Å². The molecule has 0 rings (SSSR count). The van der Waals surface area contributed by atoms with Crippen molar-refractivity contribution >= 4 is 29.6 Å². The number of nitriles is 1. The molecule has 3 heteroatoms. The van der Waals surface area contributed by atoms with Crippen LogP contribution in [0, 0.1) is 11.8 Å². The third-order valence-corrected chi connectivity index (χ3v) is 0. The van der Waals surface area contributed by atoms with Gasteiger partial charge in [0, 0.05) is 23.6 Å².